The van der Waals surface area contributed by atoms with Crippen molar-refractivity contribution >= 4 is 40.7 Å². The molecule has 0 spiro atoms. The van der Waals surface area contributed by atoms with Gasteiger partial charge in [-0.05, 0) is 35.4 Å². The average Bonchev–Trinajstić information content (AvgIpc) is 2.52. The summed E-state index contributed by atoms with van der Waals surface area (Å²) in [6.07, 6.45) is 0.290. The minimum Gasteiger partial charge on any atom is -0.341 e. The molecule has 0 unspecified atom stereocenters. The number of hydrogen-bond acceptors (Lipinski definition) is 2. The molecule has 126 valence electrons. The Morgan fingerprint density at radius 1 is 1.00 bits per heavy atom. The van der Waals surface area contributed by atoms with Crippen molar-refractivity contribution in [1.29, 1.82) is 0 Å². The van der Waals surface area contributed by atoms with Crippen molar-refractivity contribution in [3.63, 3.8) is 0 Å². The fourth-order valence-corrected chi connectivity index (χ4v) is 2.54. The van der Waals surface area contributed by atoms with Gasteiger partial charge in [0, 0.05) is 26.2 Å². The molecule has 0 bridgehead atoms. The van der Waals surface area contributed by atoms with Gasteiger partial charge in [-0.25, -0.2) is 0 Å². The van der Waals surface area contributed by atoms with Gasteiger partial charge in [0.1, 0.15) is 0 Å². The molecule has 0 aliphatic rings. The highest BCUT2D eigenvalue weighted by atomic mass is 35.5. The Morgan fingerprint density at radius 3 is 2.21 bits per heavy atom. The van der Waals surface area contributed by atoms with Crippen LogP contribution in [0.3, 0.4) is 0 Å². The predicted octanol–water partition coefficient (Wildman–Crippen LogP) is 4.15. The van der Waals surface area contributed by atoms with E-state index in [9.17, 15) is 9.59 Å². The van der Waals surface area contributed by atoms with E-state index < -0.39 is 0 Å². The van der Waals surface area contributed by atoms with Gasteiger partial charge in [0.05, 0.1) is 16.5 Å². The summed E-state index contributed by atoms with van der Waals surface area (Å²) in [4.78, 5) is 25.0. The van der Waals surface area contributed by atoms with E-state index in [2.05, 4.69) is 5.32 Å². The second-order valence-electron chi connectivity index (χ2n) is 5.55. The number of rotatable bonds is 5. The number of benzene rings is 2. The molecule has 0 heterocycles. The van der Waals surface area contributed by atoms with Crippen molar-refractivity contribution in [1.82, 2.24) is 4.90 Å². The monoisotopic (exact) mass is 364 g/mol. The third-order valence-electron chi connectivity index (χ3n) is 3.46. The van der Waals surface area contributed by atoms with Crippen LogP contribution in [0.1, 0.15) is 18.1 Å². The van der Waals surface area contributed by atoms with Crippen molar-refractivity contribution in [3.05, 3.63) is 63.6 Å². The first-order valence-electron chi connectivity index (χ1n) is 7.39. The summed E-state index contributed by atoms with van der Waals surface area (Å²) >= 11 is 11.9. The molecule has 2 amide bonds. The summed E-state index contributed by atoms with van der Waals surface area (Å²) in [5.74, 6) is -0.131. The molecule has 0 fully saturated rings. The van der Waals surface area contributed by atoms with Crippen molar-refractivity contribution in [2.24, 2.45) is 0 Å². The van der Waals surface area contributed by atoms with Crippen LogP contribution in [0, 0.1) is 0 Å². The number of carbonyl (C=O) groups excluding carboxylic acids is 2. The second kappa shape index (κ2) is 8.18. The number of carbonyl (C=O) groups is 2. The van der Waals surface area contributed by atoms with E-state index in [1.54, 1.807) is 36.2 Å². The summed E-state index contributed by atoms with van der Waals surface area (Å²) in [7, 11) is 1.75. The van der Waals surface area contributed by atoms with Crippen LogP contribution in [0.2, 0.25) is 10.0 Å². The van der Waals surface area contributed by atoms with Crippen molar-refractivity contribution in [3.8, 4) is 0 Å². The molecule has 0 aliphatic carbocycles. The van der Waals surface area contributed by atoms with E-state index in [1.807, 2.05) is 18.2 Å². The van der Waals surface area contributed by atoms with Gasteiger partial charge in [-0.3, -0.25) is 9.59 Å². The SMILES string of the molecule is CC(=O)Nc1ccc(CC(=O)N(C)Cc2ccc(Cl)c(Cl)c2)cc1. The largest absolute Gasteiger partial charge is 0.341 e. The minimum atomic E-state index is -0.125. The lowest BCUT2D eigenvalue weighted by Crippen LogP contribution is -2.27. The maximum atomic E-state index is 12.3. The third kappa shape index (κ3) is 5.25. The first-order chi connectivity index (χ1) is 11.3. The summed E-state index contributed by atoms with van der Waals surface area (Å²) in [6, 6.07) is 12.5. The molecule has 0 saturated carbocycles. The molecule has 2 aromatic rings. The normalized spacial score (nSPS) is 10.3. The maximum absolute atomic E-state index is 12.3. The molecule has 6 heteroatoms. The predicted molar refractivity (Wildman–Crippen MR) is 97.4 cm³/mol. The highest BCUT2D eigenvalue weighted by molar-refractivity contribution is 6.42. The zero-order valence-electron chi connectivity index (χ0n) is 13.5. The van der Waals surface area contributed by atoms with Gasteiger partial charge in [-0.1, -0.05) is 41.4 Å². The Kier molecular flexibility index (Phi) is 6.23. The first kappa shape index (κ1) is 18.3. The van der Waals surface area contributed by atoms with E-state index in [4.69, 9.17) is 23.2 Å². The molecule has 2 rings (SSSR count). The van der Waals surface area contributed by atoms with Gasteiger partial charge in [0.25, 0.3) is 0 Å². The quantitative estimate of drug-likeness (QED) is 0.865. The van der Waals surface area contributed by atoms with E-state index in [-0.39, 0.29) is 18.2 Å². The molecule has 0 aromatic heterocycles. The molecule has 4 nitrogen and oxygen atoms in total. The number of amides is 2. The van der Waals surface area contributed by atoms with Crippen LogP contribution in [0.15, 0.2) is 42.5 Å². The minimum absolute atomic E-state index is 0.00616. The topological polar surface area (TPSA) is 49.4 Å². The Morgan fingerprint density at radius 2 is 1.62 bits per heavy atom. The maximum Gasteiger partial charge on any atom is 0.227 e. The van der Waals surface area contributed by atoms with Crippen LogP contribution in [0.4, 0.5) is 5.69 Å². The highest BCUT2D eigenvalue weighted by Gasteiger charge is 2.11. The molecule has 0 saturated heterocycles. The van der Waals surface area contributed by atoms with Crippen LogP contribution < -0.4 is 5.32 Å². The fourth-order valence-electron chi connectivity index (χ4n) is 2.22. The number of nitrogens with zero attached hydrogens (tertiary/aromatic N) is 1. The zero-order valence-corrected chi connectivity index (χ0v) is 15.0. The molecular weight excluding hydrogens is 347 g/mol. The fraction of sp³-hybridized carbons (Fsp3) is 0.222. The molecule has 0 atom stereocenters. The first-order valence-corrected chi connectivity index (χ1v) is 8.15. The Bertz CT molecular complexity index is 745. The van der Waals surface area contributed by atoms with Crippen LogP contribution in [0.5, 0.6) is 0 Å². The van der Waals surface area contributed by atoms with Crippen molar-refractivity contribution in [2.75, 3.05) is 12.4 Å². The summed E-state index contributed by atoms with van der Waals surface area (Å²) in [5.41, 5.74) is 2.51. The van der Waals surface area contributed by atoms with E-state index >= 15 is 0 Å². The van der Waals surface area contributed by atoms with Gasteiger partial charge in [0.2, 0.25) is 11.8 Å². The number of likely N-dealkylation sites (N-methyl/N-ethyl adjacent to an activating group) is 1. The lowest BCUT2D eigenvalue weighted by atomic mass is 10.1. The third-order valence-corrected chi connectivity index (χ3v) is 4.20. The molecule has 24 heavy (non-hydrogen) atoms. The summed E-state index contributed by atoms with van der Waals surface area (Å²) < 4.78 is 0. The average molecular weight is 365 g/mol. The smallest absolute Gasteiger partial charge is 0.227 e. The number of anilines is 1. The standard InChI is InChI=1S/C18H18Cl2N2O2/c1-12(23)21-15-6-3-13(4-7-15)10-18(24)22(2)11-14-5-8-16(19)17(20)9-14/h3-9H,10-11H2,1-2H3,(H,21,23). The van der Waals surface area contributed by atoms with Crippen molar-refractivity contribution < 1.29 is 9.59 Å². The lowest BCUT2D eigenvalue weighted by Gasteiger charge is -2.18. The lowest BCUT2D eigenvalue weighted by molar-refractivity contribution is -0.129. The van der Waals surface area contributed by atoms with Crippen LogP contribution in [-0.2, 0) is 22.6 Å². The Labute approximate surface area is 151 Å². The number of nitrogens with one attached hydrogen (secondary N) is 1. The van der Waals surface area contributed by atoms with E-state index in [0.29, 0.717) is 22.3 Å². The Balaban J connectivity index is 1.95. The zero-order chi connectivity index (χ0) is 17.7. The molecular formula is C18H18Cl2N2O2. The molecule has 0 radical (unpaired) electrons. The van der Waals surface area contributed by atoms with E-state index in [0.717, 1.165) is 11.1 Å². The molecule has 1 N–H and O–H groups in total. The Hall–Kier alpha value is -2.04. The van der Waals surface area contributed by atoms with Gasteiger partial charge in [0.15, 0.2) is 0 Å². The van der Waals surface area contributed by atoms with Gasteiger partial charge < -0.3 is 10.2 Å². The molecule has 2 aromatic carbocycles. The second-order valence-corrected chi connectivity index (χ2v) is 6.37. The van der Waals surface area contributed by atoms with Gasteiger partial charge in [-0.15, -0.1) is 0 Å². The van der Waals surface area contributed by atoms with Gasteiger partial charge >= 0.3 is 0 Å². The van der Waals surface area contributed by atoms with Crippen LogP contribution >= 0.6 is 23.2 Å². The van der Waals surface area contributed by atoms with Crippen LogP contribution in [0.25, 0.3) is 0 Å². The van der Waals surface area contributed by atoms with Crippen molar-refractivity contribution in [2.45, 2.75) is 19.9 Å². The summed E-state index contributed by atoms with van der Waals surface area (Å²) in [6.45, 7) is 1.91. The number of hydrogen-bond donors (Lipinski definition) is 1. The van der Waals surface area contributed by atoms with Crippen LogP contribution in [-0.4, -0.2) is 23.8 Å². The number of halogens is 2. The van der Waals surface area contributed by atoms with E-state index in [1.165, 1.54) is 6.92 Å². The highest BCUT2D eigenvalue weighted by Crippen LogP contribution is 2.23. The van der Waals surface area contributed by atoms with Gasteiger partial charge in [-0.2, -0.15) is 0 Å². The summed E-state index contributed by atoms with van der Waals surface area (Å²) in [5, 5.41) is 3.66. The molecule has 0 aliphatic heterocycles.